The van der Waals surface area contributed by atoms with E-state index in [0.717, 1.165) is 34.9 Å². The topological polar surface area (TPSA) is 116 Å². The Bertz CT molecular complexity index is 1540. The number of rotatable bonds is 5. The van der Waals surface area contributed by atoms with Gasteiger partial charge in [0.05, 0.1) is 16.1 Å². The van der Waals surface area contributed by atoms with Crippen LogP contribution in [-0.4, -0.2) is 46.4 Å². The molecule has 0 radical (unpaired) electrons. The molecule has 0 unspecified atom stereocenters. The molecule has 1 saturated heterocycles. The Labute approximate surface area is 197 Å². The lowest BCUT2D eigenvalue weighted by Crippen LogP contribution is -2.30. The van der Waals surface area contributed by atoms with Gasteiger partial charge in [0.2, 0.25) is 10.0 Å². The fraction of sp³-hybridized carbons (Fsp3) is 0.200. The number of nitrogens with zero attached hydrogens (tertiary/aromatic N) is 4. The zero-order chi connectivity index (χ0) is 23.7. The number of sulfonamides is 1. The number of nitrogens with one attached hydrogen (secondary N) is 2. The van der Waals surface area contributed by atoms with Gasteiger partial charge < -0.3 is 0 Å². The first kappa shape index (κ1) is 22.1. The molecule has 3 heterocycles. The van der Waals surface area contributed by atoms with E-state index >= 15 is 0 Å². The van der Waals surface area contributed by atoms with Crippen molar-refractivity contribution in [3.8, 4) is 11.3 Å². The van der Waals surface area contributed by atoms with Crippen molar-refractivity contribution in [3.63, 3.8) is 0 Å². The average molecular weight is 473 g/mol. The number of pyridine rings is 1. The fourth-order valence-electron chi connectivity index (χ4n) is 4.16. The standard InChI is InChI=1S/C25H24N6O2S/c26-24-12-11-23(19-6-8-21(9-7-19)34(32,33)30-14-1-2-15-30)29-31(24)25(27)17-18-5-10-22-20(16-18)4-3-13-28-22/h3-13,16,26-27H,1-2,14-15,17H2. The maximum absolute atomic E-state index is 12.8. The van der Waals surface area contributed by atoms with E-state index in [9.17, 15) is 8.42 Å². The van der Waals surface area contributed by atoms with Crippen molar-refractivity contribution >= 4 is 26.8 Å². The first-order chi connectivity index (χ1) is 16.4. The molecule has 172 valence electrons. The van der Waals surface area contributed by atoms with Gasteiger partial charge in [-0.1, -0.05) is 24.3 Å². The van der Waals surface area contributed by atoms with E-state index in [-0.39, 0.29) is 16.2 Å². The van der Waals surface area contributed by atoms with E-state index < -0.39 is 10.0 Å². The minimum absolute atomic E-state index is 0.101. The van der Waals surface area contributed by atoms with Gasteiger partial charge in [0.25, 0.3) is 0 Å². The molecule has 1 aliphatic rings. The molecule has 0 saturated carbocycles. The molecule has 8 nitrogen and oxygen atoms in total. The quantitative estimate of drug-likeness (QED) is 0.342. The second-order valence-electron chi connectivity index (χ2n) is 8.31. The van der Waals surface area contributed by atoms with Crippen LogP contribution in [0.15, 0.2) is 77.8 Å². The highest BCUT2D eigenvalue weighted by Gasteiger charge is 2.27. The highest BCUT2D eigenvalue weighted by Crippen LogP contribution is 2.24. The van der Waals surface area contributed by atoms with E-state index in [1.807, 2.05) is 30.3 Å². The summed E-state index contributed by atoms with van der Waals surface area (Å²) in [5.41, 5.74) is 3.21. The number of benzene rings is 2. The molecule has 0 atom stereocenters. The molecule has 2 aromatic carbocycles. The molecule has 9 heteroatoms. The molecule has 1 fully saturated rings. The van der Waals surface area contributed by atoms with Crippen molar-refractivity contribution < 1.29 is 8.42 Å². The molecule has 2 N–H and O–H groups in total. The highest BCUT2D eigenvalue weighted by molar-refractivity contribution is 7.89. The summed E-state index contributed by atoms with van der Waals surface area (Å²) in [6, 6.07) is 19.6. The van der Waals surface area contributed by atoms with E-state index in [2.05, 4.69) is 10.1 Å². The van der Waals surface area contributed by atoms with Crippen molar-refractivity contribution in [2.24, 2.45) is 0 Å². The molecule has 0 bridgehead atoms. The normalized spacial score (nSPS) is 14.5. The SMILES string of the molecule is N=C(Cc1ccc2ncccc2c1)n1nc(-c2ccc(S(=O)(=O)N3CCCC3)cc2)ccc1=N. The lowest BCUT2D eigenvalue weighted by atomic mass is 10.1. The fourth-order valence-corrected chi connectivity index (χ4v) is 5.68. The van der Waals surface area contributed by atoms with Crippen LogP contribution in [-0.2, 0) is 16.4 Å². The summed E-state index contributed by atoms with van der Waals surface area (Å²) in [7, 11) is -3.48. The van der Waals surface area contributed by atoms with Crippen LogP contribution in [0.1, 0.15) is 18.4 Å². The van der Waals surface area contributed by atoms with Gasteiger partial charge in [-0.2, -0.15) is 9.40 Å². The summed E-state index contributed by atoms with van der Waals surface area (Å²) < 4.78 is 28.4. The Morgan fingerprint density at radius 1 is 0.971 bits per heavy atom. The molecule has 0 amide bonds. The monoisotopic (exact) mass is 472 g/mol. The van der Waals surface area contributed by atoms with Gasteiger partial charge in [0.15, 0.2) is 0 Å². The van der Waals surface area contributed by atoms with Crippen LogP contribution in [0.2, 0.25) is 0 Å². The highest BCUT2D eigenvalue weighted by atomic mass is 32.2. The second kappa shape index (κ2) is 8.92. The zero-order valence-corrected chi connectivity index (χ0v) is 19.3. The molecule has 1 aliphatic heterocycles. The maximum Gasteiger partial charge on any atom is 0.243 e. The molecule has 34 heavy (non-hydrogen) atoms. The van der Waals surface area contributed by atoms with Crippen LogP contribution in [0, 0.1) is 10.8 Å². The molecule has 5 rings (SSSR count). The smallest absolute Gasteiger partial charge is 0.243 e. The predicted molar refractivity (Wildman–Crippen MR) is 130 cm³/mol. The van der Waals surface area contributed by atoms with E-state index in [0.29, 0.717) is 25.2 Å². The Kier molecular flexibility index (Phi) is 5.80. The Balaban J connectivity index is 1.39. The van der Waals surface area contributed by atoms with E-state index in [4.69, 9.17) is 10.8 Å². The summed E-state index contributed by atoms with van der Waals surface area (Å²) in [5.74, 6) is 0.170. The van der Waals surface area contributed by atoms with Crippen molar-refractivity contribution in [1.82, 2.24) is 19.1 Å². The van der Waals surface area contributed by atoms with Crippen LogP contribution >= 0.6 is 0 Å². The largest absolute Gasteiger partial charge is 0.286 e. The van der Waals surface area contributed by atoms with E-state index in [1.165, 1.54) is 8.99 Å². The van der Waals surface area contributed by atoms with Crippen molar-refractivity contribution in [1.29, 1.82) is 10.8 Å². The number of fused-ring (bicyclic) bond motifs is 1. The Hall–Kier alpha value is -3.69. The lowest BCUT2D eigenvalue weighted by molar-refractivity contribution is 0.477. The van der Waals surface area contributed by atoms with Gasteiger partial charge >= 0.3 is 0 Å². The van der Waals surface area contributed by atoms with Crippen LogP contribution < -0.4 is 5.49 Å². The first-order valence-corrected chi connectivity index (χ1v) is 12.5. The van der Waals surface area contributed by atoms with Crippen LogP contribution in [0.4, 0.5) is 0 Å². The molecular formula is C25H24N6O2S. The van der Waals surface area contributed by atoms with Gasteiger partial charge in [0, 0.05) is 36.7 Å². The van der Waals surface area contributed by atoms with Crippen LogP contribution in [0.3, 0.4) is 0 Å². The lowest BCUT2D eigenvalue weighted by Gasteiger charge is -2.15. The van der Waals surface area contributed by atoms with Crippen molar-refractivity contribution in [2.75, 3.05) is 13.1 Å². The number of hydrogen-bond acceptors (Lipinski definition) is 6. The zero-order valence-electron chi connectivity index (χ0n) is 18.5. The Morgan fingerprint density at radius 2 is 1.74 bits per heavy atom. The van der Waals surface area contributed by atoms with Gasteiger partial charge in [-0.3, -0.25) is 15.8 Å². The number of aromatic nitrogens is 3. The first-order valence-electron chi connectivity index (χ1n) is 11.1. The second-order valence-corrected chi connectivity index (χ2v) is 10.2. The van der Waals surface area contributed by atoms with Gasteiger partial charge in [-0.25, -0.2) is 13.1 Å². The molecule has 4 aromatic rings. The van der Waals surface area contributed by atoms with Crippen LogP contribution in [0.5, 0.6) is 0 Å². The van der Waals surface area contributed by atoms with Crippen molar-refractivity contribution in [3.05, 3.63) is 84.0 Å². The maximum atomic E-state index is 12.8. The molecule has 2 aromatic heterocycles. The summed E-state index contributed by atoms with van der Waals surface area (Å²) >= 11 is 0. The number of hydrogen-bond donors (Lipinski definition) is 2. The average Bonchev–Trinajstić information content (AvgIpc) is 3.40. The molecular weight excluding hydrogens is 448 g/mol. The summed E-state index contributed by atoms with van der Waals surface area (Å²) in [4.78, 5) is 4.59. The summed E-state index contributed by atoms with van der Waals surface area (Å²) in [6.45, 7) is 1.12. The predicted octanol–water partition coefficient (Wildman–Crippen LogP) is 3.43. The van der Waals surface area contributed by atoms with Crippen molar-refractivity contribution in [2.45, 2.75) is 24.2 Å². The third kappa shape index (κ3) is 4.27. The third-order valence-corrected chi connectivity index (χ3v) is 7.90. The van der Waals surface area contributed by atoms with Gasteiger partial charge in [-0.05, 0) is 60.9 Å². The van der Waals surface area contributed by atoms with Crippen LogP contribution in [0.25, 0.3) is 22.2 Å². The van der Waals surface area contributed by atoms with Gasteiger partial charge in [0.1, 0.15) is 11.3 Å². The summed E-state index contributed by atoms with van der Waals surface area (Å²) in [5, 5.41) is 22.3. The van der Waals surface area contributed by atoms with Gasteiger partial charge in [-0.15, -0.1) is 0 Å². The minimum atomic E-state index is -3.48. The Morgan fingerprint density at radius 3 is 2.50 bits per heavy atom. The summed E-state index contributed by atoms with van der Waals surface area (Å²) in [6.07, 6.45) is 3.84. The minimum Gasteiger partial charge on any atom is -0.286 e. The molecule has 0 aliphatic carbocycles. The third-order valence-electron chi connectivity index (χ3n) is 5.98. The van der Waals surface area contributed by atoms with E-state index in [1.54, 1.807) is 42.6 Å². The molecule has 0 spiro atoms.